The van der Waals surface area contributed by atoms with Crippen LogP contribution in [0.2, 0.25) is 0 Å². The van der Waals surface area contributed by atoms with Gasteiger partial charge in [0.25, 0.3) is 0 Å². The topological polar surface area (TPSA) is 60.2 Å². The molecule has 3 N–H and O–H groups in total. The van der Waals surface area contributed by atoms with Crippen LogP contribution in [0.1, 0.15) is 5.01 Å². The third-order valence-electron chi connectivity index (χ3n) is 1.51. The van der Waals surface area contributed by atoms with Gasteiger partial charge in [0.2, 0.25) is 0 Å². The van der Waals surface area contributed by atoms with Gasteiger partial charge in [0.05, 0.1) is 17.7 Å². The van der Waals surface area contributed by atoms with Gasteiger partial charge in [0.15, 0.2) is 0 Å². The van der Waals surface area contributed by atoms with E-state index in [1.54, 1.807) is 24.6 Å². The average Bonchev–Trinajstić information content (AvgIpc) is 2.56. The molecule has 0 saturated heterocycles. The maximum absolute atomic E-state index is 5.32. The normalized spacial score (nSPS) is 13.2. The average molecular weight is 187 g/mol. The monoisotopic (exact) mass is 187 g/mol. The molecule has 4 nitrogen and oxygen atoms in total. The van der Waals surface area contributed by atoms with Crippen LogP contribution in [-0.4, -0.2) is 24.7 Å². The zero-order valence-electron chi connectivity index (χ0n) is 6.99. The zero-order chi connectivity index (χ0) is 8.81. The van der Waals surface area contributed by atoms with Crippen molar-refractivity contribution < 1.29 is 4.74 Å². The molecule has 12 heavy (non-hydrogen) atoms. The second kappa shape index (κ2) is 5.21. The lowest BCUT2D eigenvalue weighted by molar-refractivity contribution is 0.166. The summed E-state index contributed by atoms with van der Waals surface area (Å²) in [6.07, 6.45) is 2.61. The van der Waals surface area contributed by atoms with E-state index in [4.69, 9.17) is 10.6 Å². The Labute approximate surface area is 75.7 Å². The first-order chi connectivity index (χ1) is 5.86. The molecule has 5 heteroatoms. The highest BCUT2D eigenvalue weighted by Gasteiger charge is 2.08. The molecule has 0 fully saturated rings. The Morgan fingerprint density at radius 3 is 3.17 bits per heavy atom. The molecule has 1 atom stereocenters. The van der Waals surface area contributed by atoms with Gasteiger partial charge in [-0.05, 0) is 0 Å². The number of nitrogens with two attached hydrogens (primary N) is 1. The SMILES string of the molecule is COCC(Cc1nccs1)NN. The lowest BCUT2D eigenvalue weighted by atomic mass is 10.2. The van der Waals surface area contributed by atoms with Gasteiger partial charge < -0.3 is 4.74 Å². The molecule has 1 aromatic heterocycles. The molecule has 1 unspecified atom stereocenters. The molecule has 1 aromatic rings. The number of nitrogens with zero attached hydrogens (tertiary/aromatic N) is 1. The Kier molecular flexibility index (Phi) is 4.16. The summed E-state index contributed by atoms with van der Waals surface area (Å²) in [4.78, 5) is 4.15. The van der Waals surface area contributed by atoms with Crippen molar-refractivity contribution in [2.75, 3.05) is 13.7 Å². The van der Waals surface area contributed by atoms with E-state index in [-0.39, 0.29) is 6.04 Å². The van der Waals surface area contributed by atoms with Crippen LogP contribution in [0.15, 0.2) is 11.6 Å². The van der Waals surface area contributed by atoms with E-state index in [0.717, 1.165) is 11.4 Å². The van der Waals surface area contributed by atoms with E-state index in [0.29, 0.717) is 6.61 Å². The first-order valence-corrected chi connectivity index (χ1v) is 4.58. The van der Waals surface area contributed by atoms with Crippen LogP contribution < -0.4 is 11.3 Å². The smallest absolute Gasteiger partial charge is 0.0941 e. The number of nitrogens with one attached hydrogen (secondary N) is 1. The van der Waals surface area contributed by atoms with E-state index in [1.165, 1.54) is 0 Å². The van der Waals surface area contributed by atoms with Crippen molar-refractivity contribution in [1.29, 1.82) is 0 Å². The van der Waals surface area contributed by atoms with Crippen molar-refractivity contribution in [2.24, 2.45) is 5.84 Å². The molecule has 0 radical (unpaired) electrons. The fraction of sp³-hybridized carbons (Fsp3) is 0.571. The summed E-state index contributed by atoms with van der Waals surface area (Å²) in [5.74, 6) is 5.32. The summed E-state index contributed by atoms with van der Waals surface area (Å²) in [7, 11) is 1.66. The van der Waals surface area contributed by atoms with E-state index in [1.807, 2.05) is 5.38 Å². The molecule has 0 aromatic carbocycles. The minimum atomic E-state index is 0.154. The van der Waals surface area contributed by atoms with Crippen molar-refractivity contribution in [3.05, 3.63) is 16.6 Å². The molecule has 0 bridgehead atoms. The van der Waals surface area contributed by atoms with E-state index in [9.17, 15) is 0 Å². The summed E-state index contributed by atoms with van der Waals surface area (Å²) in [5.41, 5.74) is 2.68. The largest absolute Gasteiger partial charge is 0.383 e. The molecule has 0 saturated carbocycles. The molecule has 0 aliphatic heterocycles. The number of hydrogen-bond acceptors (Lipinski definition) is 5. The molecule has 0 aliphatic carbocycles. The summed E-state index contributed by atoms with van der Waals surface area (Å²) in [6.45, 7) is 0.607. The van der Waals surface area contributed by atoms with Gasteiger partial charge in [-0.1, -0.05) is 0 Å². The predicted molar refractivity (Wildman–Crippen MR) is 48.8 cm³/mol. The van der Waals surface area contributed by atoms with Crippen LogP contribution in [0.4, 0.5) is 0 Å². The summed E-state index contributed by atoms with van der Waals surface area (Å²) < 4.78 is 4.98. The maximum atomic E-state index is 5.32. The number of hydrazine groups is 1. The van der Waals surface area contributed by atoms with Crippen LogP contribution in [0.3, 0.4) is 0 Å². The van der Waals surface area contributed by atoms with Crippen molar-refractivity contribution in [3.63, 3.8) is 0 Å². The number of thiazole rings is 1. The number of rotatable bonds is 5. The Bertz CT molecular complexity index is 202. The van der Waals surface area contributed by atoms with Gasteiger partial charge in [0, 0.05) is 25.1 Å². The van der Waals surface area contributed by atoms with Gasteiger partial charge in [-0.25, -0.2) is 4.98 Å². The van der Waals surface area contributed by atoms with Gasteiger partial charge in [-0.2, -0.15) is 0 Å². The third-order valence-corrected chi connectivity index (χ3v) is 2.31. The number of methoxy groups -OCH3 is 1. The predicted octanol–water partition coefficient (Wildman–Crippen LogP) is 0.164. The first-order valence-electron chi connectivity index (χ1n) is 3.70. The third kappa shape index (κ3) is 2.86. The second-order valence-corrected chi connectivity index (χ2v) is 3.43. The van der Waals surface area contributed by atoms with Crippen molar-refractivity contribution in [3.8, 4) is 0 Å². The van der Waals surface area contributed by atoms with Crippen molar-refractivity contribution >= 4 is 11.3 Å². The Balaban J connectivity index is 2.37. The number of hydrogen-bond donors (Lipinski definition) is 2. The van der Waals surface area contributed by atoms with E-state index >= 15 is 0 Å². The molecule has 0 spiro atoms. The second-order valence-electron chi connectivity index (χ2n) is 2.45. The molecule has 1 rings (SSSR count). The Morgan fingerprint density at radius 1 is 1.83 bits per heavy atom. The van der Waals surface area contributed by atoms with E-state index in [2.05, 4.69) is 10.4 Å². The summed E-state index contributed by atoms with van der Waals surface area (Å²) in [6, 6.07) is 0.154. The van der Waals surface area contributed by atoms with Gasteiger partial charge >= 0.3 is 0 Å². The molecule has 68 valence electrons. The quantitative estimate of drug-likeness (QED) is 0.509. The van der Waals surface area contributed by atoms with Crippen LogP contribution in [0.25, 0.3) is 0 Å². The first kappa shape index (κ1) is 9.60. The minimum Gasteiger partial charge on any atom is -0.383 e. The Hall–Kier alpha value is -0.490. The highest BCUT2D eigenvalue weighted by molar-refractivity contribution is 7.09. The Morgan fingerprint density at radius 2 is 2.67 bits per heavy atom. The van der Waals surface area contributed by atoms with Crippen LogP contribution in [-0.2, 0) is 11.2 Å². The van der Waals surface area contributed by atoms with Crippen LogP contribution in [0, 0.1) is 0 Å². The molecule has 1 heterocycles. The van der Waals surface area contributed by atoms with Crippen LogP contribution in [0.5, 0.6) is 0 Å². The maximum Gasteiger partial charge on any atom is 0.0941 e. The minimum absolute atomic E-state index is 0.154. The fourth-order valence-electron chi connectivity index (χ4n) is 0.932. The molecule has 0 aliphatic rings. The molecular formula is C7H13N3OS. The molecular weight excluding hydrogens is 174 g/mol. The van der Waals surface area contributed by atoms with Crippen LogP contribution >= 0.6 is 11.3 Å². The van der Waals surface area contributed by atoms with Gasteiger partial charge in [0.1, 0.15) is 0 Å². The summed E-state index contributed by atoms with van der Waals surface area (Å²) in [5, 5.41) is 3.03. The fourth-order valence-corrected chi connectivity index (χ4v) is 1.63. The number of ether oxygens (including phenoxy) is 1. The van der Waals surface area contributed by atoms with Gasteiger partial charge in [-0.15, -0.1) is 11.3 Å². The highest BCUT2D eigenvalue weighted by atomic mass is 32.1. The van der Waals surface area contributed by atoms with Gasteiger partial charge in [-0.3, -0.25) is 11.3 Å². The van der Waals surface area contributed by atoms with Crippen molar-refractivity contribution in [2.45, 2.75) is 12.5 Å². The lowest BCUT2D eigenvalue weighted by Crippen LogP contribution is -2.40. The highest BCUT2D eigenvalue weighted by Crippen LogP contribution is 2.06. The zero-order valence-corrected chi connectivity index (χ0v) is 7.80. The number of aromatic nitrogens is 1. The lowest BCUT2D eigenvalue weighted by Gasteiger charge is -2.12. The molecule has 0 amide bonds. The van der Waals surface area contributed by atoms with Crippen molar-refractivity contribution in [1.82, 2.24) is 10.4 Å². The standard InChI is InChI=1S/C7H13N3OS/c1-11-5-6(10-8)4-7-9-2-3-12-7/h2-3,6,10H,4-5,8H2,1H3. The summed E-state index contributed by atoms with van der Waals surface area (Å²) >= 11 is 1.63. The van der Waals surface area contributed by atoms with E-state index < -0.39 is 0 Å².